The molecule has 0 spiro atoms. The molecule has 0 bridgehead atoms. The van der Waals surface area contributed by atoms with E-state index in [2.05, 4.69) is 5.32 Å². The molecule has 1 N–H and O–H groups in total. The number of likely N-dealkylation sites (tertiary alicyclic amines) is 1. The van der Waals surface area contributed by atoms with Gasteiger partial charge >= 0.3 is 12.1 Å². The standard InChI is InChI=1S/C28H36N2O5/c1-28(2,3)35-27(33)29-24-14-16-30(17-15-24)25(31)19-23(18-21-10-6-4-7-11-21)26(32)34-20-22-12-8-5-9-13-22/h4-13,23-24H,14-20H2,1-3H3,(H,29,33)/t23-/m1/s1. The van der Waals surface area contributed by atoms with Crippen LogP contribution in [-0.2, 0) is 32.1 Å². The molecule has 2 aromatic rings. The molecule has 0 saturated carbocycles. The monoisotopic (exact) mass is 480 g/mol. The zero-order valence-electron chi connectivity index (χ0n) is 20.9. The van der Waals surface area contributed by atoms with E-state index in [9.17, 15) is 14.4 Å². The van der Waals surface area contributed by atoms with Crippen molar-refractivity contribution in [3.63, 3.8) is 0 Å². The number of nitrogens with zero attached hydrogens (tertiary/aromatic N) is 1. The lowest BCUT2D eigenvalue weighted by atomic mass is 9.95. The summed E-state index contributed by atoms with van der Waals surface area (Å²) in [5.41, 5.74) is 1.34. The molecule has 3 rings (SSSR count). The Hall–Kier alpha value is -3.35. The van der Waals surface area contributed by atoms with Crippen molar-refractivity contribution in [3.8, 4) is 0 Å². The van der Waals surface area contributed by atoms with Crippen molar-refractivity contribution in [2.75, 3.05) is 13.1 Å². The number of carbonyl (C=O) groups excluding carboxylic acids is 3. The van der Waals surface area contributed by atoms with Gasteiger partial charge in [-0.2, -0.15) is 0 Å². The van der Waals surface area contributed by atoms with E-state index in [1.54, 1.807) is 4.90 Å². The third-order valence-corrected chi connectivity index (χ3v) is 5.87. The Balaban J connectivity index is 1.55. The van der Waals surface area contributed by atoms with Gasteiger partial charge in [-0.3, -0.25) is 9.59 Å². The van der Waals surface area contributed by atoms with Crippen molar-refractivity contribution in [2.45, 2.75) is 64.7 Å². The van der Waals surface area contributed by atoms with Gasteiger partial charge in [-0.15, -0.1) is 0 Å². The van der Waals surface area contributed by atoms with Gasteiger partial charge in [0.2, 0.25) is 5.91 Å². The first-order valence-corrected chi connectivity index (χ1v) is 12.2. The number of alkyl carbamates (subject to hydrolysis) is 1. The number of amides is 2. The number of benzene rings is 2. The number of ether oxygens (including phenoxy) is 2. The Morgan fingerprint density at radius 3 is 2.09 bits per heavy atom. The Kier molecular flexibility index (Phi) is 9.29. The van der Waals surface area contributed by atoms with Crippen LogP contribution in [0.5, 0.6) is 0 Å². The molecule has 1 fully saturated rings. The summed E-state index contributed by atoms with van der Waals surface area (Å²) >= 11 is 0. The van der Waals surface area contributed by atoms with Crippen LogP contribution in [0.3, 0.4) is 0 Å². The van der Waals surface area contributed by atoms with Crippen LogP contribution in [0.25, 0.3) is 0 Å². The van der Waals surface area contributed by atoms with Gasteiger partial charge in [-0.1, -0.05) is 60.7 Å². The molecule has 188 valence electrons. The average molecular weight is 481 g/mol. The summed E-state index contributed by atoms with van der Waals surface area (Å²) in [6.07, 6.45) is 1.38. The smallest absolute Gasteiger partial charge is 0.407 e. The zero-order valence-corrected chi connectivity index (χ0v) is 20.9. The van der Waals surface area contributed by atoms with Gasteiger partial charge < -0.3 is 19.7 Å². The number of hydrogen-bond donors (Lipinski definition) is 1. The molecule has 7 nitrogen and oxygen atoms in total. The fraction of sp³-hybridized carbons (Fsp3) is 0.464. The highest BCUT2D eigenvalue weighted by Gasteiger charge is 2.30. The lowest BCUT2D eigenvalue weighted by Crippen LogP contribution is -2.48. The summed E-state index contributed by atoms with van der Waals surface area (Å²) in [4.78, 5) is 39.9. The molecular weight excluding hydrogens is 444 g/mol. The van der Waals surface area contributed by atoms with Gasteiger partial charge in [0.1, 0.15) is 12.2 Å². The maximum atomic E-state index is 13.1. The first-order valence-electron chi connectivity index (χ1n) is 12.2. The van der Waals surface area contributed by atoms with E-state index in [1.165, 1.54) is 0 Å². The van der Waals surface area contributed by atoms with Gasteiger partial charge in [-0.05, 0) is 51.2 Å². The highest BCUT2D eigenvalue weighted by Crippen LogP contribution is 2.20. The van der Waals surface area contributed by atoms with Crippen LogP contribution in [-0.4, -0.2) is 47.6 Å². The lowest BCUT2D eigenvalue weighted by molar-refractivity contribution is -0.153. The molecular formula is C28H36N2O5. The highest BCUT2D eigenvalue weighted by atomic mass is 16.6. The third-order valence-electron chi connectivity index (χ3n) is 5.87. The minimum absolute atomic E-state index is 0.0372. The van der Waals surface area contributed by atoms with Crippen molar-refractivity contribution in [3.05, 3.63) is 71.8 Å². The van der Waals surface area contributed by atoms with Gasteiger partial charge in [0.25, 0.3) is 0 Å². The molecule has 7 heteroatoms. The van der Waals surface area contributed by atoms with E-state index in [0.29, 0.717) is 32.4 Å². The van der Waals surface area contributed by atoms with E-state index < -0.39 is 17.6 Å². The molecule has 0 unspecified atom stereocenters. The van der Waals surface area contributed by atoms with Crippen LogP contribution >= 0.6 is 0 Å². The molecule has 0 radical (unpaired) electrons. The third kappa shape index (κ3) is 9.08. The first kappa shape index (κ1) is 26.3. The molecule has 1 saturated heterocycles. The number of hydrogen-bond acceptors (Lipinski definition) is 5. The lowest BCUT2D eigenvalue weighted by Gasteiger charge is -2.33. The predicted molar refractivity (Wildman–Crippen MR) is 133 cm³/mol. The Morgan fingerprint density at radius 1 is 0.943 bits per heavy atom. The Morgan fingerprint density at radius 2 is 1.51 bits per heavy atom. The SMILES string of the molecule is CC(C)(C)OC(=O)NC1CCN(C(=O)C[C@@H](Cc2ccccc2)C(=O)OCc2ccccc2)CC1. The fourth-order valence-corrected chi connectivity index (χ4v) is 4.07. The summed E-state index contributed by atoms with van der Waals surface area (Å²) in [5, 5.41) is 2.89. The van der Waals surface area contributed by atoms with Crippen molar-refractivity contribution >= 4 is 18.0 Å². The molecule has 2 amide bonds. The zero-order chi connectivity index (χ0) is 25.3. The number of piperidine rings is 1. The van der Waals surface area contributed by atoms with E-state index in [-0.39, 0.29) is 30.9 Å². The minimum Gasteiger partial charge on any atom is -0.461 e. The number of esters is 1. The van der Waals surface area contributed by atoms with Crippen molar-refractivity contribution in [1.82, 2.24) is 10.2 Å². The van der Waals surface area contributed by atoms with Crippen LogP contribution in [0.1, 0.15) is 51.2 Å². The van der Waals surface area contributed by atoms with Crippen molar-refractivity contribution in [1.29, 1.82) is 0 Å². The highest BCUT2D eigenvalue weighted by molar-refractivity contribution is 5.83. The first-order chi connectivity index (χ1) is 16.7. The largest absolute Gasteiger partial charge is 0.461 e. The van der Waals surface area contributed by atoms with E-state index in [0.717, 1.165) is 11.1 Å². The van der Waals surface area contributed by atoms with E-state index in [4.69, 9.17) is 9.47 Å². The number of carbonyl (C=O) groups is 3. The van der Waals surface area contributed by atoms with Crippen LogP contribution in [0.4, 0.5) is 4.79 Å². The summed E-state index contributed by atoms with van der Waals surface area (Å²) in [6.45, 7) is 6.70. The molecule has 35 heavy (non-hydrogen) atoms. The van der Waals surface area contributed by atoms with Crippen LogP contribution < -0.4 is 5.32 Å². The summed E-state index contributed by atoms with van der Waals surface area (Å²) in [7, 11) is 0. The number of nitrogens with one attached hydrogen (secondary N) is 1. The quantitative estimate of drug-likeness (QED) is 0.563. The Labute approximate surface area is 207 Å². The molecule has 1 aliphatic rings. The fourth-order valence-electron chi connectivity index (χ4n) is 4.07. The maximum Gasteiger partial charge on any atom is 0.407 e. The average Bonchev–Trinajstić information content (AvgIpc) is 2.82. The van der Waals surface area contributed by atoms with Gasteiger partial charge in [-0.25, -0.2) is 4.79 Å². The van der Waals surface area contributed by atoms with Crippen molar-refractivity contribution in [2.24, 2.45) is 5.92 Å². The van der Waals surface area contributed by atoms with E-state index in [1.807, 2.05) is 81.4 Å². The summed E-state index contributed by atoms with van der Waals surface area (Å²) in [6, 6.07) is 19.2. The molecule has 1 atom stereocenters. The second kappa shape index (κ2) is 12.4. The van der Waals surface area contributed by atoms with Crippen LogP contribution in [0.2, 0.25) is 0 Å². The molecule has 1 heterocycles. The molecule has 0 aromatic heterocycles. The molecule has 2 aromatic carbocycles. The van der Waals surface area contributed by atoms with Crippen LogP contribution in [0, 0.1) is 5.92 Å². The van der Waals surface area contributed by atoms with Crippen LogP contribution in [0.15, 0.2) is 60.7 Å². The second-order valence-electron chi connectivity index (χ2n) is 9.99. The normalized spacial score (nSPS) is 15.2. The van der Waals surface area contributed by atoms with E-state index >= 15 is 0 Å². The number of rotatable bonds is 8. The minimum atomic E-state index is -0.564. The predicted octanol–water partition coefficient (Wildman–Crippen LogP) is 4.49. The van der Waals surface area contributed by atoms with Gasteiger partial charge in [0.15, 0.2) is 0 Å². The molecule has 1 aliphatic heterocycles. The van der Waals surface area contributed by atoms with Gasteiger partial charge in [0.05, 0.1) is 5.92 Å². The summed E-state index contributed by atoms with van der Waals surface area (Å²) < 4.78 is 10.9. The second-order valence-corrected chi connectivity index (χ2v) is 9.99. The van der Waals surface area contributed by atoms with Crippen molar-refractivity contribution < 1.29 is 23.9 Å². The summed E-state index contributed by atoms with van der Waals surface area (Å²) in [5.74, 6) is -1.00. The van der Waals surface area contributed by atoms with Gasteiger partial charge in [0, 0.05) is 25.6 Å². The Bertz CT molecular complexity index is 964. The molecule has 0 aliphatic carbocycles. The topological polar surface area (TPSA) is 84.9 Å². The maximum absolute atomic E-state index is 13.1.